The third-order valence-electron chi connectivity index (χ3n) is 3.97. The molecule has 4 nitrogen and oxygen atoms in total. The number of anilines is 2. The zero-order valence-corrected chi connectivity index (χ0v) is 15.0. The molecule has 1 heterocycles. The van der Waals surface area contributed by atoms with E-state index in [1.54, 1.807) is 11.8 Å². The molecular weight excluding hydrogens is 327 g/mol. The van der Waals surface area contributed by atoms with Crippen LogP contribution >= 0.6 is 0 Å². The number of hydrogen-bond acceptors (Lipinski definition) is 3. The molecule has 2 N–H and O–H groups in total. The minimum atomic E-state index is -0.202. The summed E-state index contributed by atoms with van der Waals surface area (Å²) < 4.78 is 6.71. The number of nitrogens with two attached hydrogens (primary N) is 1. The van der Waals surface area contributed by atoms with E-state index in [-0.39, 0.29) is 21.7 Å². The summed E-state index contributed by atoms with van der Waals surface area (Å²) in [5.41, 5.74) is 7.95. The predicted molar refractivity (Wildman–Crippen MR) is 89.7 cm³/mol. The standard InChI is InChI=1S/C16H25AsN2O2/c1-3-19(12(2)20)14-4-5-15(16(18)10-14)17-11-13-6-8-21-9-7-13/h4-5,10,13,17H,3,6-9,11,18H2,1-2H3. The Morgan fingerprint density at radius 2 is 2.14 bits per heavy atom. The Morgan fingerprint density at radius 1 is 1.43 bits per heavy atom. The van der Waals surface area contributed by atoms with Crippen molar-refractivity contribution in [3.63, 3.8) is 0 Å². The third-order valence-corrected chi connectivity index (χ3v) is 7.36. The second-order valence-electron chi connectivity index (χ2n) is 5.47. The summed E-state index contributed by atoms with van der Waals surface area (Å²) in [7, 11) is 0. The van der Waals surface area contributed by atoms with Gasteiger partial charge in [-0.3, -0.25) is 0 Å². The van der Waals surface area contributed by atoms with Gasteiger partial charge in [-0.15, -0.1) is 0 Å². The maximum atomic E-state index is 11.6. The second kappa shape index (κ2) is 7.86. The van der Waals surface area contributed by atoms with E-state index in [4.69, 9.17) is 10.5 Å². The van der Waals surface area contributed by atoms with Gasteiger partial charge >= 0.3 is 133 Å². The summed E-state index contributed by atoms with van der Waals surface area (Å²) in [6, 6.07) is 6.10. The minimum absolute atomic E-state index is 0.0582. The van der Waals surface area contributed by atoms with Gasteiger partial charge in [0.2, 0.25) is 0 Å². The maximum absolute atomic E-state index is 11.6. The van der Waals surface area contributed by atoms with E-state index < -0.39 is 0 Å². The van der Waals surface area contributed by atoms with Gasteiger partial charge in [-0.1, -0.05) is 0 Å². The van der Waals surface area contributed by atoms with Crippen LogP contribution in [0.25, 0.3) is 0 Å². The van der Waals surface area contributed by atoms with E-state index in [2.05, 4.69) is 6.07 Å². The van der Waals surface area contributed by atoms with Crippen molar-refractivity contribution in [3.8, 4) is 0 Å². The molecule has 1 saturated heterocycles. The van der Waals surface area contributed by atoms with Crippen molar-refractivity contribution in [3.05, 3.63) is 18.2 Å². The Kier molecular flexibility index (Phi) is 6.13. The Labute approximate surface area is 133 Å². The second-order valence-corrected chi connectivity index (χ2v) is 8.20. The first-order valence-electron chi connectivity index (χ1n) is 7.61. The van der Waals surface area contributed by atoms with Crippen molar-refractivity contribution in [2.75, 3.05) is 30.4 Å². The van der Waals surface area contributed by atoms with Crippen molar-refractivity contribution < 1.29 is 9.53 Å². The summed E-state index contributed by atoms with van der Waals surface area (Å²) in [6.45, 7) is 6.06. The first kappa shape index (κ1) is 16.4. The Bertz CT molecular complexity index is 487. The molecule has 1 unspecified atom stereocenters. The average Bonchev–Trinajstić information content (AvgIpc) is 2.48. The normalized spacial score (nSPS) is 16.5. The molecule has 1 aromatic rings. The van der Waals surface area contributed by atoms with E-state index >= 15 is 0 Å². The van der Waals surface area contributed by atoms with Gasteiger partial charge in [0, 0.05) is 0 Å². The molecule has 21 heavy (non-hydrogen) atoms. The summed E-state index contributed by atoms with van der Waals surface area (Å²) in [5, 5.41) is 1.29. The molecule has 5 heteroatoms. The molecule has 1 aliphatic rings. The number of benzene rings is 1. The monoisotopic (exact) mass is 352 g/mol. The van der Waals surface area contributed by atoms with Gasteiger partial charge < -0.3 is 0 Å². The van der Waals surface area contributed by atoms with Crippen molar-refractivity contribution in [1.82, 2.24) is 0 Å². The zero-order valence-electron chi connectivity index (χ0n) is 12.9. The Morgan fingerprint density at radius 3 is 2.71 bits per heavy atom. The molecular formula is C16H25AsN2O2. The molecule has 1 aliphatic heterocycles. The molecule has 1 aromatic carbocycles. The van der Waals surface area contributed by atoms with Gasteiger partial charge in [0.15, 0.2) is 0 Å². The summed E-state index contributed by atoms with van der Waals surface area (Å²) >= 11 is -0.202. The van der Waals surface area contributed by atoms with Crippen LogP contribution in [0.1, 0.15) is 26.7 Å². The molecule has 1 atom stereocenters. The number of amides is 1. The number of nitrogens with zero attached hydrogens (tertiary/aromatic N) is 1. The number of rotatable bonds is 5. The van der Waals surface area contributed by atoms with E-state index in [1.165, 1.54) is 22.4 Å². The molecule has 0 radical (unpaired) electrons. The predicted octanol–water partition coefficient (Wildman–Crippen LogP) is 1.55. The Hall–Kier alpha value is -0.992. The van der Waals surface area contributed by atoms with Crippen molar-refractivity contribution in [2.24, 2.45) is 5.92 Å². The molecule has 1 amide bonds. The van der Waals surface area contributed by atoms with Crippen LogP contribution in [0, 0.1) is 5.92 Å². The van der Waals surface area contributed by atoms with Crippen molar-refractivity contribution in [1.29, 1.82) is 0 Å². The SMILES string of the molecule is CCN(C(C)=O)c1ccc([AsH]CC2CCOCC2)c(N)c1. The van der Waals surface area contributed by atoms with Crippen LogP contribution in [0.15, 0.2) is 18.2 Å². The fraction of sp³-hybridized carbons (Fsp3) is 0.562. The van der Waals surface area contributed by atoms with Crippen LogP contribution in [0.2, 0.25) is 5.21 Å². The molecule has 0 saturated carbocycles. The van der Waals surface area contributed by atoms with Gasteiger partial charge in [-0.2, -0.15) is 0 Å². The molecule has 116 valence electrons. The molecule has 1 fully saturated rings. The fourth-order valence-corrected chi connectivity index (χ4v) is 5.60. The van der Waals surface area contributed by atoms with Crippen LogP contribution in [-0.2, 0) is 9.53 Å². The summed E-state index contributed by atoms with van der Waals surface area (Å²) in [5.74, 6) is 0.866. The van der Waals surface area contributed by atoms with Crippen LogP contribution in [-0.4, -0.2) is 41.4 Å². The Balaban J connectivity index is 1.99. The van der Waals surface area contributed by atoms with Crippen LogP contribution in [0.3, 0.4) is 0 Å². The number of ether oxygens (including phenoxy) is 1. The number of carbonyl (C=O) groups is 1. The number of hydrogen-bond donors (Lipinski definition) is 1. The van der Waals surface area contributed by atoms with Gasteiger partial charge in [-0.25, -0.2) is 0 Å². The molecule has 0 spiro atoms. The first-order valence-corrected chi connectivity index (χ1v) is 10.1. The zero-order chi connectivity index (χ0) is 15.2. The molecule has 0 aromatic heterocycles. The van der Waals surface area contributed by atoms with Crippen LogP contribution in [0.5, 0.6) is 0 Å². The summed E-state index contributed by atoms with van der Waals surface area (Å²) in [6.07, 6.45) is 2.38. The van der Waals surface area contributed by atoms with Crippen LogP contribution < -0.4 is 15.0 Å². The number of carbonyl (C=O) groups excluding carboxylic acids is 1. The van der Waals surface area contributed by atoms with Gasteiger partial charge in [0.25, 0.3) is 0 Å². The third kappa shape index (κ3) is 4.49. The van der Waals surface area contributed by atoms with E-state index in [1.807, 2.05) is 19.1 Å². The van der Waals surface area contributed by atoms with E-state index in [0.717, 1.165) is 30.5 Å². The van der Waals surface area contributed by atoms with Crippen molar-refractivity contribution in [2.45, 2.75) is 31.9 Å². The topological polar surface area (TPSA) is 55.6 Å². The van der Waals surface area contributed by atoms with Crippen LogP contribution in [0.4, 0.5) is 11.4 Å². The van der Waals surface area contributed by atoms with Gasteiger partial charge in [0.1, 0.15) is 0 Å². The first-order chi connectivity index (χ1) is 10.1. The average molecular weight is 352 g/mol. The van der Waals surface area contributed by atoms with Crippen molar-refractivity contribution >= 4 is 37.4 Å². The van der Waals surface area contributed by atoms with E-state index in [9.17, 15) is 4.79 Å². The van der Waals surface area contributed by atoms with Gasteiger partial charge in [0.05, 0.1) is 0 Å². The summed E-state index contributed by atoms with van der Waals surface area (Å²) in [4.78, 5) is 13.3. The number of nitrogen functional groups attached to an aromatic ring is 1. The van der Waals surface area contributed by atoms with Gasteiger partial charge in [-0.05, 0) is 0 Å². The quantitative estimate of drug-likeness (QED) is 0.646. The fourth-order valence-electron chi connectivity index (χ4n) is 2.67. The molecule has 0 aliphatic carbocycles. The van der Waals surface area contributed by atoms with E-state index in [0.29, 0.717) is 6.54 Å². The molecule has 2 rings (SSSR count). The molecule has 0 bridgehead atoms.